The number of hydrogen-bond donors (Lipinski definition) is 0. The molecule has 2 nitrogen and oxygen atoms in total. The monoisotopic (exact) mass is 223 g/mol. The summed E-state index contributed by atoms with van der Waals surface area (Å²) in [6.45, 7) is 8.86. The number of hydrogen-bond acceptors (Lipinski definition) is 2. The molecule has 0 spiro atoms. The van der Waals surface area contributed by atoms with E-state index in [0.717, 1.165) is 13.0 Å². The molecule has 92 valence electrons. The fraction of sp³-hybridized carbons (Fsp3) is 0.929. The maximum Gasteiger partial charge on any atom is 0.138 e. The molecule has 0 N–H and O–H groups in total. The summed E-state index contributed by atoms with van der Waals surface area (Å²) in [5, 5.41) is 0. The van der Waals surface area contributed by atoms with Crippen LogP contribution in [0.5, 0.6) is 0 Å². The van der Waals surface area contributed by atoms with Gasteiger partial charge in [0.15, 0.2) is 0 Å². The lowest BCUT2D eigenvalue weighted by atomic mass is 9.66. The molecular weight excluding hydrogens is 198 g/mol. The van der Waals surface area contributed by atoms with Crippen molar-refractivity contribution < 1.29 is 4.79 Å². The molecule has 2 rings (SSSR count). The first-order valence-electron chi connectivity index (χ1n) is 6.85. The summed E-state index contributed by atoms with van der Waals surface area (Å²) < 4.78 is 0. The van der Waals surface area contributed by atoms with Gasteiger partial charge in [-0.05, 0) is 31.6 Å². The molecule has 0 aromatic rings. The van der Waals surface area contributed by atoms with Crippen LogP contribution in [0, 0.1) is 11.3 Å². The molecule has 2 atom stereocenters. The number of nitrogens with zero attached hydrogens (tertiary/aromatic N) is 1. The second-order valence-corrected chi connectivity index (χ2v) is 5.92. The predicted octanol–water partition coefficient (Wildman–Crippen LogP) is 2.87. The molecule has 16 heavy (non-hydrogen) atoms. The van der Waals surface area contributed by atoms with Crippen molar-refractivity contribution in [2.24, 2.45) is 11.3 Å². The first kappa shape index (κ1) is 12.1. The number of rotatable bonds is 3. The molecule has 2 unspecified atom stereocenters. The van der Waals surface area contributed by atoms with E-state index in [1.165, 1.54) is 32.2 Å². The van der Waals surface area contributed by atoms with Gasteiger partial charge in [-0.15, -0.1) is 0 Å². The van der Waals surface area contributed by atoms with Gasteiger partial charge in [0.2, 0.25) is 0 Å². The molecular formula is C14H25NO. The van der Waals surface area contributed by atoms with Crippen molar-refractivity contribution in [3.05, 3.63) is 0 Å². The zero-order valence-electron chi connectivity index (χ0n) is 11.0. The Kier molecular flexibility index (Phi) is 3.39. The van der Waals surface area contributed by atoms with Crippen molar-refractivity contribution in [2.45, 2.75) is 58.9 Å². The molecule has 2 heteroatoms. The molecule has 1 heterocycles. The summed E-state index contributed by atoms with van der Waals surface area (Å²) in [4.78, 5) is 14.2. The minimum absolute atomic E-state index is 0.239. The molecule has 1 saturated heterocycles. The molecule has 2 aliphatic rings. The Bertz CT molecular complexity index is 264. The van der Waals surface area contributed by atoms with Crippen LogP contribution >= 0.6 is 0 Å². The smallest absolute Gasteiger partial charge is 0.138 e. The van der Waals surface area contributed by atoms with Gasteiger partial charge < -0.3 is 0 Å². The maximum absolute atomic E-state index is 11.6. The summed E-state index contributed by atoms with van der Waals surface area (Å²) in [6.07, 6.45) is 6.28. The van der Waals surface area contributed by atoms with E-state index >= 15 is 0 Å². The third-order valence-corrected chi connectivity index (χ3v) is 5.16. The van der Waals surface area contributed by atoms with Gasteiger partial charge in [-0.3, -0.25) is 9.69 Å². The summed E-state index contributed by atoms with van der Waals surface area (Å²) in [5.74, 6) is 0.700. The van der Waals surface area contributed by atoms with Crippen molar-refractivity contribution in [3.8, 4) is 0 Å². The predicted molar refractivity (Wildman–Crippen MR) is 66.4 cm³/mol. The Morgan fingerprint density at radius 1 is 1.38 bits per heavy atom. The lowest BCUT2D eigenvalue weighted by Gasteiger charge is -2.48. The van der Waals surface area contributed by atoms with Gasteiger partial charge in [-0.25, -0.2) is 0 Å². The minimum Gasteiger partial charge on any atom is -0.299 e. The van der Waals surface area contributed by atoms with Crippen LogP contribution in [0.15, 0.2) is 0 Å². The number of piperidine rings is 1. The van der Waals surface area contributed by atoms with Gasteiger partial charge in [-0.1, -0.05) is 20.3 Å². The molecule has 0 radical (unpaired) electrons. The molecule has 1 aliphatic heterocycles. The molecule has 2 fully saturated rings. The summed E-state index contributed by atoms with van der Waals surface area (Å²) >= 11 is 0. The average molecular weight is 223 g/mol. The topological polar surface area (TPSA) is 20.3 Å². The van der Waals surface area contributed by atoms with E-state index in [4.69, 9.17) is 0 Å². The SMILES string of the molecule is CCC1(CN2CCC(=O)C(C)C2C)CCC1. The van der Waals surface area contributed by atoms with Crippen molar-refractivity contribution in [2.75, 3.05) is 13.1 Å². The zero-order valence-corrected chi connectivity index (χ0v) is 11.0. The van der Waals surface area contributed by atoms with Crippen LogP contribution in [-0.2, 0) is 4.79 Å². The van der Waals surface area contributed by atoms with Crippen LogP contribution in [0.3, 0.4) is 0 Å². The number of carbonyl (C=O) groups is 1. The second-order valence-electron chi connectivity index (χ2n) is 5.92. The maximum atomic E-state index is 11.6. The fourth-order valence-electron chi connectivity index (χ4n) is 3.22. The van der Waals surface area contributed by atoms with E-state index in [-0.39, 0.29) is 5.92 Å². The average Bonchev–Trinajstić information content (AvgIpc) is 2.23. The van der Waals surface area contributed by atoms with Crippen LogP contribution in [0.25, 0.3) is 0 Å². The van der Waals surface area contributed by atoms with Gasteiger partial charge in [0, 0.05) is 31.5 Å². The van der Waals surface area contributed by atoms with Crippen molar-refractivity contribution in [1.82, 2.24) is 4.90 Å². The summed E-state index contributed by atoms with van der Waals surface area (Å²) in [6, 6.07) is 0.449. The summed E-state index contributed by atoms with van der Waals surface area (Å²) in [7, 11) is 0. The van der Waals surface area contributed by atoms with Crippen LogP contribution in [0.1, 0.15) is 52.9 Å². The molecule has 0 amide bonds. The highest BCUT2D eigenvalue weighted by atomic mass is 16.1. The van der Waals surface area contributed by atoms with Crippen LogP contribution < -0.4 is 0 Å². The van der Waals surface area contributed by atoms with E-state index < -0.39 is 0 Å². The molecule has 1 saturated carbocycles. The lowest BCUT2D eigenvalue weighted by Crippen LogP contribution is -2.52. The third kappa shape index (κ3) is 2.04. The summed E-state index contributed by atoms with van der Waals surface area (Å²) in [5.41, 5.74) is 0.592. The molecule has 1 aliphatic carbocycles. The highest BCUT2D eigenvalue weighted by molar-refractivity contribution is 5.82. The van der Waals surface area contributed by atoms with Crippen molar-refractivity contribution in [1.29, 1.82) is 0 Å². The van der Waals surface area contributed by atoms with Gasteiger partial charge in [0.05, 0.1) is 0 Å². The minimum atomic E-state index is 0.239. The zero-order chi connectivity index (χ0) is 11.8. The standard InChI is InChI=1S/C14H25NO/c1-4-14(7-5-8-14)10-15-9-6-13(16)11(2)12(15)3/h11-12H,4-10H2,1-3H3. The largest absolute Gasteiger partial charge is 0.299 e. The van der Waals surface area contributed by atoms with Crippen molar-refractivity contribution >= 4 is 5.78 Å². The quantitative estimate of drug-likeness (QED) is 0.733. The number of ketones is 1. The number of Topliss-reactive ketones (excluding diaryl/α,β-unsaturated/α-hetero) is 1. The fourth-order valence-corrected chi connectivity index (χ4v) is 3.22. The van der Waals surface area contributed by atoms with Crippen LogP contribution in [0.4, 0.5) is 0 Å². The normalized spacial score (nSPS) is 34.8. The van der Waals surface area contributed by atoms with E-state index in [2.05, 4.69) is 25.7 Å². The van der Waals surface area contributed by atoms with Crippen molar-refractivity contribution in [3.63, 3.8) is 0 Å². The van der Waals surface area contributed by atoms with E-state index in [1.54, 1.807) is 0 Å². The Hall–Kier alpha value is -0.370. The number of carbonyl (C=O) groups excluding carboxylic acids is 1. The highest BCUT2D eigenvalue weighted by Gasteiger charge is 2.40. The number of likely N-dealkylation sites (tertiary alicyclic amines) is 1. The van der Waals surface area contributed by atoms with E-state index in [1.807, 2.05) is 0 Å². The van der Waals surface area contributed by atoms with E-state index in [0.29, 0.717) is 17.2 Å². The van der Waals surface area contributed by atoms with Gasteiger partial charge in [0.1, 0.15) is 5.78 Å². The van der Waals surface area contributed by atoms with Gasteiger partial charge >= 0.3 is 0 Å². The van der Waals surface area contributed by atoms with Gasteiger partial charge in [0.25, 0.3) is 0 Å². The molecule has 0 aromatic heterocycles. The molecule has 0 bridgehead atoms. The van der Waals surface area contributed by atoms with Gasteiger partial charge in [-0.2, -0.15) is 0 Å². The molecule has 0 aromatic carbocycles. The second kappa shape index (κ2) is 4.48. The highest BCUT2D eigenvalue weighted by Crippen LogP contribution is 2.45. The Labute approximate surface area is 99.4 Å². The first-order chi connectivity index (χ1) is 7.58. The van der Waals surface area contributed by atoms with E-state index in [9.17, 15) is 4.79 Å². The third-order valence-electron chi connectivity index (χ3n) is 5.16. The Morgan fingerprint density at radius 3 is 2.56 bits per heavy atom. The first-order valence-corrected chi connectivity index (χ1v) is 6.85. The Balaban J connectivity index is 1.97. The Morgan fingerprint density at radius 2 is 2.06 bits per heavy atom. The van der Waals surface area contributed by atoms with Crippen LogP contribution in [0.2, 0.25) is 0 Å². The lowest BCUT2D eigenvalue weighted by molar-refractivity contribution is -0.129. The van der Waals surface area contributed by atoms with Crippen LogP contribution in [-0.4, -0.2) is 29.8 Å².